The van der Waals surface area contributed by atoms with Crippen LogP contribution in [0.1, 0.15) is 0 Å². The molecule has 0 atom stereocenters. The van der Waals surface area contributed by atoms with Crippen molar-refractivity contribution in [3.63, 3.8) is 0 Å². The van der Waals surface area contributed by atoms with E-state index >= 15 is 0 Å². The first kappa shape index (κ1) is 22.7. The van der Waals surface area contributed by atoms with Crippen molar-refractivity contribution < 1.29 is 26.4 Å². The van der Waals surface area contributed by atoms with Gasteiger partial charge in [0.15, 0.2) is 11.6 Å². The number of nitrogens with zero attached hydrogens (tertiary/aromatic N) is 1. The fourth-order valence-electron chi connectivity index (χ4n) is 2.73. The Labute approximate surface area is 181 Å². The lowest BCUT2D eigenvalue weighted by Gasteiger charge is -2.24. The molecular weight excluding hydrogens is 449 g/mol. The molecule has 0 saturated carbocycles. The molecule has 10 heteroatoms. The minimum atomic E-state index is -4.24. The zero-order valence-corrected chi connectivity index (χ0v) is 17.8. The quantitative estimate of drug-likeness (QED) is 0.515. The van der Waals surface area contributed by atoms with Crippen LogP contribution in [0, 0.1) is 17.5 Å². The molecule has 0 aliphatic heterocycles. The molecule has 0 aromatic heterocycles. The Morgan fingerprint density at radius 3 is 2.29 bits per heavy atom. The Morgan fingerprint density at radius 2 is 1.68 bits per heavy atom. The van der Waals surface area contributed by atoms with Gasteiger partial charge in [-0.2, -0.15) is 0 Å². The molecule has 0 saturated heterocycles. The predicted molar refractivity (Wildman–Crippen MR) is 114 cm³/mol. The molecule has 0 bridgehead atoms. The van der Waals surface area contributed by atoms with Crippen molar-refractivity contribution in [1.29, 1.82) is 0 Å². The van der Waals surface area contributed by atoms with Gasteiger partial charge in [-0.3, -0.25) is 9.10 Å². The second-order valence-corrected chi connectivity index (χ2v) is 9.09. The van der Waals surface area contributed by atoms with Crippen LogP contribution in [-0.2, 0) is 14.8 Å². The third-order valence-corrected chi connectivity index (χ3v) is 6.77. The van der Waals surface area contributed by atoms with Gasteiger partial charge in [0.05, 0.1) is 10.6 Å². The standard InChI is InChI=1S/C21H17F3N2O3S2/c1-30-17-6-8-18(9-7-17)31(28,29)26(16-4-2-3-14(22)11-16)13-21(27)25-15-5-10-19(23)20(24)12-15/h2-12H,13H2,1H3,(H,25,27). The SMILES string of the molecule is CSc1ccc(S(=O)(=O)N(CC(=O)Nc2ccc(F)c(F)c2)c2cccc(F)c2)cc1. The number of sulfonamides is 1. The number of carbonyl (C=O) groups is 1. The third-order valence-electron chi connectivity index (χ3n) is 4.23. The van der Waals surface area contributed by atoms with Gasteiger partial charge in [-0.1, -0.05) is 6.07 Å². The highest BCUT2D eigenvalue weighted by Gasteiger charge is 2.27. The van der Waals surface area contributed by atoms with E-state index in [4.69, 9.17) is 0 Å². The van der Waals surface area contributed by atoms with Gasteiger partial charge in [0.1, 0.15) is 12.4 Å². The summed E-state index contributed by atoms with van der Waals surface area (Å²) in [5, 5.41) is 2.32. The lowest BCUT2D eigenvalue weighted by molar-refractivity contribution is -0.114. The Kier molecular flexibility index (Phi) is 6.91. The van der Waals surface area contributed by atoms with Gasteiger partial charge in [-0.15, -0.1) is 11.8 Å². The number of thioether (sulfide) groups is 1. The summed E-state index contributed by atoms with van der Waals surface area (Å²) in [7, 11) is -4.24. The molecule has 0 heterocycles. The number of hydrogen-bond acceptors (Lipinski definition) is 4. The Morgan fingerprint density at radius 1 is 0.968 bits per heavy atom. The van der Waals surface area contributed by atoms with Crippen LogP contribution in [0.25, 0.3) is 0 Å². The molecule has 3 rings (SSSR count). The average molecular weight is 467 g/mol. The van der Waals surface area contributed by atoms with Gasteiger partial charge < -0.3 is 5.32 Å². The minimum Gasteiger partial charge on any atom is -0.324 e. The van der Waals surface area contributed by atoms with Crippen LogP contribution >= 0.6 is 11.8 Å². The number of anilines is 2. The van der Waals surface area contributed by atoms with Crippen LogP contribution < -0.4 is 9.62 Å². The molecule has 31 heavy (non-hydrogen) atoms. The van der Waals surface area contributed by atoms with E-state index in [1.165, 1.54) is 36.0 Å². The number of hydrogen-bond donors (Lipinski definition) is 1. The Balaban J connectivity index is 1.94. The molecule has 3 aromatic rings. The molecule has 1 amide bonds. The van der Waals surface area contributed by atoms with Crippen molar-refractivity contribution in [3.05, 3.63) is 84.2 Å². The second-order valence-electron chi connectivity index (χ2n) is 6.34. The fourth-order valence-corrected chi connectivity index (χ4v) is 4.55. The summed E-state index contributed by atoms with van der Waals surface area (Å²) in [6, 6.07) is 13.5. The Bertz CT molecular complexity index is 1200. The smallest absolute Gasteiger partial charge is 0.264 e. The molecule has 0 aliphatic carbocycles. The zero-order chi connectivity index (χ0) is 22.6. The molecule has 5 nitrogen and oxygen atoms in total. The topological polar surface area (TPSA) is 66.5 Å². The number of halogens is 3. The molecule has 0 aliphatic rings. The van der Waals surface area contributed by atoms with E-state index < -0.39 is 39.9 Å². The summed E-state index contributed by atoms with van der Waals surface area (Å²) in [5.41, 5.74) is -0.112. The maximum absolute atomic E-state index is 13.8. The first-order chi connectivity index (χ1) is 14.7. The maximum Gasteiger partial charge on any atom is 0.264 e. The van der Waals surface area contributed by atoms with Crippen LogP contribution in [0.15, 0.2) is 76.5 Å². The predicted octanol–water partition coefficient (Wildman–Crippen LogP) is 4.66. The van der Waals surface area contributed by atoms with Gasteiger partial charge in [-0.25, -0.2) is 21.6 Å². The second kappa shape index (κ2) is 9.44. The summed E-state index contributed by atoms with van der Waals surface area (Å²) in [6.07, 6.45) is 1.84. The number of carbonyl (C=O) groups excluding carboxylic acids is 1. The lowest BCUT2D eigenvalue weighted by atomic mass is 10.3. The zero-order valence-electron chi connectivity index (χ0n) is 16.2. The fraction of sp³-hybridized carbons (Fsp3) is 0.0952. The minimum absolute atomic E-state index is 0.0511. The molecule has 3 aromatic carbocycles. The number of benzene rings is 3. The van der Waals surface area contributed by atoms with Crippen molar-refractivity contribution in [2.45, 2.75) is 9.79 Å². The van der Waals surface area contributed by atoms with Crippen molar-refractivity contribution in [2.75, 3.05) is 22.4 Å². The van der Waals surface area contributed by atoms with E-state index in [-0.39, 0.29) is 16.3 Å². The molecule has 0 spiro atoms. The molecular formula is C21H17F3N2O3S2. The van der Waals surface area contributed by atoms with E-state index in [1.54, 1.807) is 12.1 Å². The third kappa shape index (κ3) is 5.39. The Hall–Kier alpha value is -2.98. The lowest BCUT2D eigenvalue weighted by Crippen LogP contribution is -2.38. The summed E-state index contributed by atoms with van der Waals surface area (Å²) in [5.74, 6) is -3.76. The van der Waals surface area contributed by atoms with E-state index in [9.17, 15) is 26.4 Å². The van der Waals surface area contributed by atoms with Crippen LogP contribution in [0.2, 0.25) is 0 Å². The van der Waals surface area contributed by atoms with Gasteiger partial charge in [0, 0.05) is 16.6 Å². The summed E-state index contributed by atoms with van der Waals surface area (Å²) < 4.78 is 67.5. The normalized spacial score (nSPS) is 11.2. The van der Waals surface area contributed by atoms with E-state index in [2.05, 4.69) is 5.32 Å². The first-order valence-corrected chi connectivity index (χ1v) is 11.5. The molecule has 162 valence electrons. The maximum atomic E-state index is 13.8. The van der Waals surface area contributed by atoms with Gasteiger partial charge in [0.2, 0.25) is 5.91 Å². The first-order valence-electron chi connectivity index (χ1n) is 8.88. The van der Waals surface area contributed by atoms with Crippen LogP contribution in [-0.4, -0.2) is 27.1 Å². The van der Waals surface area contributed by atoms with Crippen LogP contribution in [0.3, 0.4) is 0 Å². The number of rotatable bonds is 7. The van der Waals surface area contributed by atoms with Crippen molar-refractivity contribution >= 4 is 39.1 Å². The molecule has 1 N–H and O–H groups in total. The van der Waals surface area contributed by atoms with Crippen LogP contribution in [0.4, 0.5) is 24.5 Å². The largest absolute Gasteiger partial charge is 0.324 e. The molecule has 0 radical (unpaired) electrons. The summed E-state index contributed by atoms with van der Waals surface area (Å²) in [6.45, 7) is -0.713. The molecule has 0 fully saturated rings. The highest BCUT2D eigenvalue weighted by molar-refractivity contribution is 7.98. The van der Waals surface area contributed by atoms with Crippen LogP contribution in [0.5, 0.6) is 0 Å². The van der Waals surface area contributed by atoms with E-state index in [0.29, 0.717) is 0 Å². The average Bonchev–Trinajstić information content (AvgIpc) is 2.74. The number of nitrogens with one attached hydrogen (secondary N) is 1. The van der Waals surface area contributed by atoms with Crippen molar-refractivity contribution in [3.8, 4) is 0 Å². The van der Waals surface area contributed by atoms with Gasteiger partial charge >= 0.3 is 0 Å². The summed E-state index contributed by atoms with van der Waals surface area (Å²) in [4.78, 5) is 13.3. The van der Waals surface area contributed by atoms with Crippen molar-refractivity contribution in [1.82, 2.24) is 0 Å². The van der Waals surface area contributed by atoms with E-state index in [1.807, 2.05) is 6.26 Å². The molecule has 0 unspecified atom stereocenters. The highest BCUT2D eigenvalue weighted by atomic mass is 32.2. The van der Waals surface area contributed by atoms with Crippen molar-refractivity contribution in [2.24, 2.45) is 0 Å². The van der Waals surface area contributed by atoms with Gasteiger partial charge in [-0.05, 0) is 60.9 Å². The van der Waals surface area contributed by atoms with Gasteiger partial charge in [0.25, 0.3) is 10.0 Å². The summed E-state index contributed by atoms with van der Waals surface area (Å²) >= 11 is 1.43. The highest BCUT2D eigenvalue weighted by Crippen LogP contribution is 2.26. The van der Waals surface area contributed by atoms with E-state index in [0.717, 1.165) is 39.5 Å². The monoisotopic (exact) mass is 466 g/mol. The number of amides is 1.